The van der Waals surface area contributed by atoms with Crippen LogP contribution in [0.3, 0.4) is 0 Å². The van der Waals surface area contributed by atoms with E-state index in [0.717, 1.165) is 25.7 Å². The maximum atomic E-state index is 12.5. The van der Waals surface area contributed by atoms with Crippen molar-refractivity contribution >= 4 is 29.0 Å². The van der Waals surface area contributed by atoms with Gasteiger partial charge >= 0.3 is 0 Å². The van der Waals surface area contributed by atoms with E-state index in [-0.39, 0.29) is 18.5 Å². The summed E-state index contributed by atoms with van der Waals surface area (Å²) in [5.74, 6) is 0.528. The number of azide groups is 1. The van der Waals surface area contributed by atoms with Gasteiger partial charge in [0, 0.05) is 11.0 Å². The molecule has 0 unspecified atom stereocenters. The van der Waals surface area contributed by atoms with Crippen molar-refractivity contribution in [3.8, 4) is 0 Å². The van der Waals surface area contributed by atoms with Crippen LogP contribution in [-0.2, 0) is 4.79 Å². The van der Waals surface area contributed by atoms with E-state index in [4.69, 9.17) is 17.1 Å². The Kier molecular flexibility index (Phi) is 4.88. The zero-order valence-electron chi connectivity index (χ0n) is 12.8. The molecule has 23 heavy (non-hydrogen) atoms. The van der Waals surface area contributed by atoms with Crippen molar-refractivity contribution in [2.45, 2.75) is 50.6 Å². The monoisotopic (exact) mass is 334 g/mol. The number of fused-ring (bicyclic) bond motifs is 1. The van der Waals surface area contributed by atoms with Gasteiger partial charge < -0.3 is 10.2 Å². The molecule has 1 aromatic heterocycles. The lowest BCUT2D eigenvalue weighted by atomic mass is 10.0. The van der Waals surface area contributed by atoms with Crippen LogP contribution in [0.25, 0.3) is 10.4 Å². The molecule has 0 spiro atoms. The average molecular weight is 335 g/mol. The van der Waals surface area contributed by atoms with E-state index in [2.05, 4.69) is 20.3 Å². The molecule has 7 nitrogen and oxygen atoms in total. The molecule has 1 fully saturated rings. The Bertz CT molecular complexity index is 637. The molecular formula is C15H19ClN6O. The summed E-state index contributed by atoms with van der Waals surface area (Å²) in [4.78, 5) is 21.8. The molecule has 3 rings (SSSR count). The summed E-state index contributed by atoms with van der Waals surface area (Å²) < 4.78 is 0. The minimum Gasteiger partial charge on any atom is -0.340 e. The second-order valence-corrected chi connectivity index (χ2v) is 6.36. The van der Waals surface area contributed by atoms with E-state index in [1.54, 1.807) is 12.1 Å². The van der Waals surface area contributed by atoms with Gasteiger partial charge in [0.2, 0.25) is 5.91 Å². The number of hydrogen-bond acceptors (Lipinski definition) is 4. The highest BCUT2D eigenvalue weighted by molar-refractivity contribution is 6.29. The van der Waals surface area contributed by atoms with Gasteiger partial charge in [-0.25, -0.2) is 4.98 Å². The second kappa shape index (κ2) is 7.06. The van der Waals surface area contributed by atoms with Crippen LogP contribution in [0.2, 0.25) is 5.15 Å². The molecule has 0 bridgehead atoms. The number of nitrogens with zero attached hydrogens (tertiary/aromatic N) is 5. The Morgan fingerprint density at radius 3 is 2.78 bits per heavy atom. The second-order valence-electron chi connectivity index (χ2n) is 5.98. The number of carbonyl (C=O) groups excluding carboxylic acids is 1. The summed E-state index contributed by atoms with van der Waals surface area (Å²) in [5, 5.41) is 6.86. The van der Waals surface area contributed by atoms with Crippen LogP contribution in [-0.4, -0.2) is 29.5 Å². The molecule has 1 aromatic rings. The minimum absolute atomic E-state index is 0.0897. The predicted molar refractivity (Wildman–Crippen MR) is 89.6 cm³/mol. The van der Waals surface area contributed by atoms with Crippen LogP contribution >= 0.6 is 11.6 Å². The number of rotatable bonds is 3. The third kappa shape index (κ3) is 3.35. The highest BCUT2D eigenvalue weighted by atomic mass is 35.5. The predicted octanol–water partition coefficient (Wildman–Crippen LogP) is 3.90. The smallest absolute Gasteiger partial charge is 0.247 e. The van der Waals surface area contributed by atoms with Crippen molar-refractivity contribution in [1.82, 2.24) is 4.98 Å². The normalized spacial score (nSPS) is 21.9. The SMILES string of the molecule is [N-]=[N+]=NC[C@@H]1C(=O)Nc2ccc(Cl)nc2N1C1CCCCCC1. The van der Waals surface area contributed by atoms with Gasteiger partial charge in [0.1, 0.15) is 11.2 Å². The van der Waals surface area contributed by atoms with E-state index >= 15 is 0 Å². The summed E-state index contributed by atoms with van der Waals surface area (Å²) >= 11 is 6.07. The molecule has 1 atom stereocenters. The largest absolute Gasteiger partial charge is 0.340 e. The number of nitrogens with one attached hydrogen (secondary N) is 1. The topological polar surface area (TPSA) is 94.0 Å². The zero-order valence-corrected chi connectivity index (χ0v) is 13.5. The molecule has 1 aliphatic carbocycles. The van der Waals surface area contributed by atoms with E-state index in [1.165, 1.54) is 12.8 Å². The number of halogens is 1. The van der Waals surface area contributed by atoms with Crippen LogP contribution in [0, 0.1) is 0 Å². The van der Waals surface area contributed by atoms with Crippen molar-refractivity contribution in [3.63, 3.8) is 0 Å². The quantitative estimate of drug-likeness (QED) is 0.298. The lowest BCUT2D eigenvalue weighted by molar-refractivity contribution is -0.117. The van der Waals surface area contributed by atoms with Crippen molar-refractivity contribution in [2.75, 3.05) is 16.8 Å². The summed E-state index contributed by atoms with van der Waals surface area (Å²) in [6, 6.07) is 3.12. The first-order chi connectivity index (χ1) is 11.2. The van der Waals surface area contributed by atoms with E-state index in [0.29, 0.717) is 16.7 Å². The van der Waals surface area contributed by atoms with E-state index in [9.17, 15) is 4.79 Å². The number of carbonyl (C=O) groups is 1. The lowest BCUT2D eigenvalue weighted by Gasteiger charge is -2.41. The van der Waals surface area contributed by atoms with Crippen LogP contribution < -0.4 is 10.2 Å². The Morgan fingerprint density at radius 2 is 2.09 bits per heavy atom. The molecule has 1 amide bonds. The van der Waals surface area contributed by atoms with Crippen molar-refractivity contribution in [2.24, 2.45) is 5.11 Å². The van der Waals surface area contributed by atoms with Gasteiger partial charge in [-0.05, 0) is 30.5 Å². The summed E-state index contributed by atoms with van der Waals surface area (Å²) in [6.45, 7) is 0.0897. The van der Waals surface area contributed by atoms with Crippen LogP contribution in [0.4, 0.5) is 11.5 Å². The van der Waals surface area contributed by atoms with Crippen LogP contribution in [0.5, 0.6) is 0 Å². The molecule has 2 heterocycles. The first-order valence-electron chi connectivity index (χ1n) is 7.97. The first kappa shape index (κ1) is 15.9. The van der Waals surface area contributed by atoms with Crippen LogP contribution in [0.1, 0.15) is 38.5 Å². The molecule has 1 N–H and O–H groups in total. The van der Waals surface area contributed by atoms with Crippen molar-refractivity contribution < 1.29 is 4.79 Å². The van der Waals surface area contributed by atoms with Crippen molar-refractivity contribution in [3.05, 3.63) is 27.7 Å². The first-order valence-corrected chi connectivity index (χ1v) is 8.35. The van der Waals surface area contributed by atoms with Gasteiger partial charge in [-0.2, -0.15) is 0 Å². The number of aromatic nitrogens is 1. The average Bonchev–Trinajstić information content (AvgIpc) is 2.82. The highest BCUT2D eigenvalue weighted by Gasteiger charge is 2.37. The van der Waals surface area contributed by atoms with Crippen molar-refractivity contribution in [1.29, 1.82) is 0 Å². The molecule has 0 saturated heterocycles. The third-order valence-corrected chi connectivity index (χ3v) is 4.73. The molecule has 8 heteroatoms. The van der Waals surface area contributed by atoms with E-state index in [1.807, 2.05) is 4.90 Å². The summed E-state index contributed by atoms with van der Waals surface area (Å²) in [6.07, 6.45) is 6.71. The Morgan fingerprint density at radius 1 is 1.35 bits per heavy atom. The highest BCUT2D eigenvalue weighted by Crippen LogP contribution is 2.36. The lowest BCUT2D eigenvalue weighted by Crippen LogP contribution is -2.54. The number of hydrogen-bond donors (Lipinski definition) is 1. The van der Waals surface area contributed by atoms with Gasteiger partial charge in [0.25, 0.3) is 0 Å². The Hall–Kier alpha value is -1.98. The number of amides is 1. The molecule has 1 saturated carbocycles. The van der Waals surface area contributed by atoms with Gasteiger partial charge in [-0.3, -0.25) is 4.79 Å². The number of pyridine rings is 1. The fraction of sp³-hybridized carbons (Fsp3) is 0.600. The Labute approximate surface area is 139 Å². The fourth-order valence-electron chi connectivity index (χ4n) is 3.46. The zero-order chi connectivity index (χ0) is 16.2. The standard InChI is InChI=1S/C15H19ClN6O/c16-13-8-7-11-14(20-13)22(10-5-3-1-2-4-6-10)12(9-18-21-17)15(23)19-11/h7-8,10,12H,1-6,9H2,(H,19,23)/t12-/m1/s1. The maximum absolute atomic E-state index is 12.5. The van der Waals surface area contributed by atoms with E-state index < -0.39 is 6.04 Å². The van der Waals surface area contributed by atoms with Gasteiger partial charge in [-0.15, -0.1) is 0 Å². The maximum Gasteiger partial charge on any atom is 0.247 e. The molecular weight excluding hydrogens is 316 g/mol. The minimum atomic E-state index is -0.535. The van der Waals surface area contributed by atoms with Gasteiger partial charge in [0.15, 0.2) is 5.82 Å². The summed E-state index contributed by atoms with van der Waals surface area (Å²) in [5.41, 5.74) is 9.30. The third-order valence-electron chi connectivity index (χ3n) is 4.52. The Balaban J connectivity index is 2.01. The molecule has 2 aliphatic rings. The fourth-order valence-corrected chi connectivity index (χ4v) is 3.60. The van der Waals surface area contributed by atoms with Crippen LogP contribution in [0.15, 0.2) is 17.2 Å². The summed E-state index contributed by atoms with van der Waals surface area (Å²) in [7, 11) is 0. The van der Waals surface area contributed by atoms with Gasteiger partial charge in [-0.1, -0.05) is 42.4 Å². The number of anilines is 2. The molecule has 122 valence electrons. The molecule has 1 aliphatic heterocycles. The molecule has 0 radical (unpaired) electrons. The van der Waals surface area contributed by atoms with Gasteiger partial charge in [0.05, 0.1) is 12.2 Å². The molecule has 0 aromatic carbocycles.